The number of carbonyl (C=O) groups is 4. The molecule has 0 radical (unpaired) electrons. The predicted octanol–water partition coefficient (Wildman–Crippen LogP) is 5.71. The third-order valence-electron chi connectivity index (χ3n) is 7.89. The zero-order valence-electron chi connectivity index (χ0n) is 24.4. The first kappa shape index (κ1) is 30.9. The Morgan fingerprint density at radius 3 is 2.00 bits per heavy atom. The van der Waals surface area contributed by atoms with Gasteiger partial charge in [-0.15, -0.1) is 0 Å². The molecule has 3 aromatic rings. The number of carbonyl (C=O) groups excluding carboxylic acids is 4. The highest BCUT2D eigenvalue weighted by atomic mass is 32.2. The number of benzene rings is 2. The molecule has 11 nitrogen and oxygen atoms in total. The van der Waals surface area contributed by atoms with Crippen molar-refractivity contribution in [1.82, 2.24) is 14.8 Å². The highest BCUT2D eigenvalue weighted by Gasteiger charge is 2.72. The van der Waals surface area contributed by atoms with Crippen LogP contribution in [0.25, 0.3) is 0 Å². The second kappa shape index (κ2) is 11.9. The van der Waals surface area contributed by atoms with Crippen molar-refractivity contribution >= 4 is 57.2 Å². The molecule has 2 aromatic carbocycles. The number of anilines is 2. The lowest BCUT2D eigenvalue weighted by molar-refractivity contribution is -0.163. The molecule has 13 heteroatoms. The van der Waals surface area contributed by atoms with Crippen molar-refractivity contribution in [3.05, 3.63) is 84.6 Å². The molecule has 2 fully saturated rings. The molecule has 2 aliphatic heterocycles. The number of pyridine rings is 1. The van der Waals surface area contributed by atoms with Crippen LogP contribution < -0.4 is 15.4 Å². The Hall–Kier alpha value is -4.54. The molecule has 2 aliphatic rings. The van der Waals surface area contributed by atoms with E-state index < -0.39 is 43.5 Å². The lowest BCUT2D eigenvalue weighted by Crippen LogP contribution is -2.71. The second-order valence-electron chi connectivity index (χ2n) is 10.8. The van der Waals surface area contributed by atoms with Crippen LogP contribution in [0.3, 0.4) is 0 Å². The quantitative estimate of drug-likeness (QED) is 0.350. The predicted molar refractivity (Wildman–Crippen MR) is 169 cm³/mol. The van der Waals surface area contributed by atoms with Crippen molar-refractivity contribution < 1.29 is 23.9 Å². The molecule has 226 valence electrons. The van der Waals surface area contributed by atoms with E-state index in [1.165, 1.54) is 37.1 Å². The minimum Gasteiger partial charge on any atom is -0.481 e. The minimum absolute atomic E-state index is 0.147. The van der Waals surface area contributed by atoms with Gasteiger partial charge in [0.15, 0.2) is 9.74 Å². The highest BCUT2D eigenvalue weighted by molar-refractivity contribution is 8.16. The Bertz CT molecular complexity index is 1640. The van der Waals surface area contributed by atoms with Crippen LogP contribution in [0.1, 0.15) is 31.9 Å². The number of likely N-dealkylation sites (N-methyl/N-ethyl adjacent to an activating group) is 1. The van der Waals surface area contributed by atoms with E-state index in [2.05, 4.69) is 21.7 Å². The topological polar surface area (TPSA) is 145 Å². The first-order chi connectivity index (χ1) is 21.0. The van der Waals surface area contributed by atoms with Crippen LogP contribution in [0.5, 0.6) is 5.88 Å². The van der Waals surface area contributed by atoms with Crippen LogP contribution in [0.15, 0.2) is 79.0 Å². The van der Waals surface area contributed by atoms with E-state index in [0.29, 0.717) is 46.3 Å². The van der Waals surface area contributed by atoms with Gasteiger partial charge in [-0.1, -0.05) is 36.4 Å². The Morgan fingerprint density at radius 2 is 1.50 bits per heavy atom. The maximum Gasteiger partial charge on any atom is 0.286 e. The number of nitrogens with zero attached hydrogens (tertiary/aromatic N) is 4. The van der Waals surface area contributed by atoms with Gasteiger partial charge < -0.3 is 25.2 Å². The number of nitrogens with one attached hydrogen (secondary N) is 2. The van der Waals surface area contributed by atoms with Crippen LogP contribution in [0.4, 0.5) is 21.0 Å². The Morgan fingerprint density at radius 1 is 0.932 bits per heavy atom. The van der Waals surface area contributed by atoms with E-state index in [1.54, 1.807) is 79.7 Å². The maximum absolute atomic E-state index is 14.8. The molecule has 0 bridgehead atoms. The van der Waals surface area contributed by atoms with Gasteiger partial charge in [-0.3, -0.25) is 19.2 Å². The third-order valence-corrected chi connectivity index (χ3v) is 10.2. The summed E-state index contributed by atoms with van der Waals surface area (Å²) < 4.78 is 5.20. The van der Waals surface area contributed by atoms with Gasteiger partial charge in [0.1, 0.15) is 0 Å². The van der Waals surface area contributed by atoms with Crippen molar-refractivity contribution in [3.63, 3.8) is 0 Å². The molecule has 4 amide bonds. The summed E-state index contributed by atoms with van der Waals surface area (Å²) in [5, 5.41) is 14.9. The molecule has 5 rings (SSSR count). The van der Waals surface area contributed by atoms with Crippen molar-refractivity contribution in [3.8, 4) is 11.9 Å². The highest BCUT2D eigenvalue weighted by Crippen LogP contribution is 2.62. The zero-order valence-corrected chi connectivity index (χ0v) is 26.1. The first-order valence-corrected chi connectivity index (χ1v) is 15.2. The van der Waals surface area contributed by atoms with E-state index >= 15 is 0 Å². The molecule has 4 atom stereocenters. The summed E-state index contributed by atoms with van der Waals surface area (Å²) in [6.45, 7) is 3.15. The molecular formula is C31H30N6O5S2. The molecule has 2 N–H and O–H groups in total. The van der Waals surface area contributed by atoms with Crippen molar-refractivity contribution in [2.75, 3.05) is 24.8 Å². The molecule has 0 saturated carbocycles. The average Bonchev–Trinajstić information content (AvgIpc) is 3.29. The summed E-state index contributed by atoms with van der Waals surface area (Å²) in [7, 11) is 2.90. The monoisotopic (exact) mass is 630 g/mol. The Balaban J connectivity index is 1.59. The molecule has 44 heavy (non-hydrogen) atoms. The molecular weight excluding hydrogens is 601 g/mol. The number of hydrogen-bond donors (Lipinski definition) is 2. The Kier molecular flexibility index (Phi) is 8.33. The van der Waals surface area contributed by atoms with E-state index in [9.17, 15) is 24.4 Å². The number of piperazine rings is 1. The summed E-state index contributed by atoms with van der Waals surface area (Å²) >= 11 is 1.31. The van der Waals surface area contributed by atoms with Gasteiger partial charge in [0.2, 0.25) is 5.88 Å². The molecule has 0 spiro atoms. The number of aromatic nitrogens is 1. The Labute approximate surface area is 263 Å². The third kappa shape index (κ3) is 5.35. The van der Waals surface area contributed by atoms with Gasteiger partial charge in [-0.05, 0) is 73.3 Å². The van der Waals surface area contributed by atoms with Crippen LogP contribution in [-0.4, -0.2) is 61.0 Å². The molecule has 2 saturated heterocycles. The van der Waals surface area contributed by atoms with Crippen molar-refractivity contribution in [2.24, 2.45) is 5.41 Å². The first-order valence-electron chi connectivity index (χ1n) is 13.6. The maximum atomic E-state index is 14.8. The number of hydrogen-bond acceptors (Lipinski definition) is 9. The van der Waals surface area contributed by atoms with E-state index in [1.807, 2.05) is 0 Å². The number of para-hydroxylation sites is 2. The summed E-state index contributed by atoms with van der Waals surface area (Å²) in [5.74, 6) is -0.863. The number of fused-ring (bicyclic) bond motifs is 1. The molecule has 1 aromatic heterocycles. The van der Waals surface area contributed by atoms with Crippen molar-refractivity contribution in [1.29, 1.82) is 5.26 Å². The lowest BCUT2D eigenvalue weighted by atomic mass is 9.80. The molecule has 1 unspecified atom stereocenters. The number of rotatable bonds is 6. The number of methoxy groups -OCH3 is 1. The van der Waals surface area contributed by atoms with Crippen LogP contribution in [0.2, 0.25) is 0 Å². The largest absolute Gasteiger partial charge is 0.481 e. The zero-order chi connectivity index (χ0) is 31.7. The van der Waals surface area contributed by atoms with E-state index in [0.717, 1.165) is 0 Å². The second-order valence-corrected chi connectivity index (χ2v) is 13.4. The normalized spacial score (nSPS) is 26.0. The van der Waals surface area contributed by atoms with Crippen LogP contribution in [0, 0.1) is 16.7 Å². The summed E-state index contributed by atoms with van der Waals surface area (Å²) in [5.41, 5.74) is 0.192. The van der Waals surface area contributed by atoms with Crippen LogP contribution >= 0.6 is 23.5 Å². The fourth-order valence-corrected chi connectivity index (χ4v) is 7.95. The number of ether oxygens (including phenoxy) is 1. The fraction of sp³-hybridized carbons (Fsp3) is 0.290. The fourth-order valence-electron chi connectivity index (χ4n) is 5.65. The van der Waals surface area contributed by atoms with Crippen LogP contribution in [-0.2, 0) is 9.59 Å². The van der Waals surface area contributed by atoms with E-state index in [-0.39, 0.29) is 6.42 Å². The van der Waals surface area contributed by atoms with E-state index in [4.69, 9.17) is 4.74 Å². The molecule has 0 aliphatic carbocycles. The average molecular weight is 631 g/mol. The van der Waals surface area contributed by atoms with Gasteiger partial charge in [-0.2, -0.15) is 5.26 Å². The summed E-state index contributed by atoms with van der Waals surface area (Å²) in [4.78, 5) is 59.4. The van der Waals surface area contributed by atoms with Gasteiger partial charge in [0.05, 0.1) is 24.6 Å². The molecule has 3 heterocycles. The van der Waals surface area contributed by atoms with Gasteiger partial charge in [-0.25, -0.2) is 4.98 Å². The van der Waals surface area contributed by atoms with Crippen molar-refractivity contribution in [2.45, 2.75) is 36.1 Å². The SMILES string of the molecule is COc1ccc(C2N3C(=O)[C@](C)(SC(=O)Nc4ccccc4)N(C)C(=O)[C@@]3(SC(=O)Nc3ccccc3)C[C@]2(C)C#N)cn1. The number of amides is 4. The van der Waals surface area contributed by atoms with Gasteiger partial charge >= 0.3 is 0 Å². The van der Waals surface area contributed by atoms with Gasteiger partial charge in [0, 0.05) is 37.1 Å². The summed E-state index contributed by atoms with van der Waals surface area (Å²) in [6, 6.07) is 22.1. The lowest BCUT2D eigenvalue weighted by Gasteiger charge is -2.52. The number of thioether (sulfide) groups is 2. The summed E-state index contributed by atoms with van der Waals surface area (Å²) in [6.07, 6.45) is 1.35. The standard InChI is InChI=1S/C31H30N6O5S2/c1-29(19-32)18-31(44-28(41)35-22-13-9-6-10-14-22)26(39)36(3)30(2,43-27(40)34-21-11-7-5-8-12-21)25(38)37(31)24(29)20-15-16-23(42-4)33-17-20/h5-17,24H,18H2,1-4H3,(H,34,40)(H,35,41)/t24?,29-,30+,31+/m1/s1. The van der Waals surface area contributed by atoms with Gasteiger partial charge in [0.25, 0.3) is 22.3 Å². The number of nitriles is 1. The smallest absolute Gasteiger partial charge is 0.286 e. The minimum atomic E-state index is -1.80.